The highest BCUT2D eigenvalue weighted by Gasteiger charge is 2.23. The maximum absolute atomic E-state index is 11.8. The lowest BCUT2D eigenvalue weighted by Gasteiger charge is -2.29. The summed E-state index contributed by atoms with van der Waals surface area (Å²) in [4.78, 5) is 23.2. The Balaban J connectivity index is 1.37. The molecule has 1 saturated carbocycles. The molecular weight excluding hydrogens is 370 g/mol. The Morgan fingerprint density at radius 1 is 0.800 bits per heavy atom. The lowest BCUT2D eigenvalue weighted by atomic mass is 9.77. The van der Waals surface area contributed by atoms with E-state index in [1.165, 1.54) is 68.6 Å². The summed E-state index contributed by atoms with van der Waals surface area (Å²) in [5.74, 6) is 0.981. The van der Waals surface area contributed by atoms with Crippen LogP contribution in [0.25, 0.3) is 16.7 Å². The van der Waals surface area contributed by atoms with Crippen molar-refractivity contribution in [3.63, 3.8) is 0 Å². The van der Waals surface area contributed by atoms with Crippen molar-refractivity contribution in [2.45, 2.75) is 64.2 Å². The zero-order chi connectivity index (χ0) is 20.9. The standard InChI is InChI=1S/C27H31NO2/c1-2-3-4-5-19-6-8-20(9-7-19)21-10-12-22(13-11-21)23-14-16-24(17-15-23)25-18-26(29)28-27(25)30/h10-20H,2-9H2,1H3,(H,28,29,30). The molecule has 0 aromatic heterocycles. The van der Waals surface area contributed by atoms with E-state index in [4.69, 9.17) is 0 Å². The minimum absolute atomic E-state index is 0.322. The predicted octanol–water partition coefficient (Wildman–Crippen LogP) is 6.25. The van der Waals surface area contributed by atoms with Gasteiger partial charge in [0, 0.05) is 6.08 Å². The first-order valence-corrected chi connectivity index (χ1v) is 11.4. The first-order valence-electron chi connectivity index (χ1n) is 11.4. The molecule has 0 unspecified atom stereocenters. The Morgan fingerprint density at radius 2 is 1.40 bits per heavy atom. The molecule has 2 aromatic carbocycles. The third kappa shape index (κ3) is 4.72. The first-order chi connectivity index (χ1) is 14.6. The Bertz CT molecular complexity index is 916. The third-order valence-corrected chi connectivity index (χ3v) is 6.73. The predicted molar refractivity (Wildman–Crippen MR) is 122 cm³/mol. The van der Waals surface area contributed by atoms with Gasteiger partial charge in [0.25, 0.3) is 11.8 Å². The second kappa shape index (κ2) is 9.42. The summed E-state index contributed by atoms with van der Waals surface area (Å²) in [6, 6.07) is 16.9. The molecule has 4 rings (SSSR count). The summed E-state index contributed by atoms with van der Waals surface area (Å²) >= 11 is 0. The van der Waals surface area contributed by atoms with E-state index in [1.807, 2.05) is 24.3 Å². The molecule has 3 nitrogen and oxygen atoms in total. The van der Waals surface area contributed by atoms with Crippen LogP contribution >= 0.6 is 0 Å². The van der Waals surface area contributed by atoms with Crippen molar-refractivity contribution in [3.05, 3.63) is 65.7 Å². The van der Waals surface area contributed by atoms with Crippen molar-refractivity contribution in [2.75, 3.05) is 0 Å². The molecule has 1 heterocycles. The summed E-state index contributed by atoms with van der Waals surface area (Å²) in [7, 11) is 0. The van der Waals surface area contributed by atoms with Gasteiger partial charge in [-0.25, -0.2) is 0 Å². The molecule has 1 aliphatic heterocycles. The van der Waals surface area contributed by atoms with E-state index in [-0.39, 0.29) is 11.8 Å². The highest BCUT2D eigenvalue weighted by Crippen LogP contribution is 2.38. The highest BCUT2D eigenvalue weighted by atomic mass is 16.2. The van der Waals surface area contributed by atoms with Crippen molar-refractivity contribution < 1.29 is 9.59 Å². The highest BCUT2D eigenvalue weighted by molar-refractivity contribution is 6.33. The van der Waals surface area contributed by atoms with Gasteiger partial charge < -0.3 is 0 Å². The fraction of sp³-hybridized carbons (Fsp3) is 0.407. The lowest BCUT2D eigenvalue weighted by Crippen LogP contribution is -2.21. The second-order valence-corrected chi connectivity index (χ2v) is 8.79. The van der Waals surface area contributed by atoms with Crippen molar-refractivity contribution >= 4 is 17.4 Å². The van der Waals surface area contributed by atoms with Crippen LogP contribution in [0, 0.1) is 5.92 Å². The molecule has 2 amide bonds. The summed E-state index contributed by atoms with van der Waals surface area (Å²) in [5, 5.41) is 2.29. The monoisotopic (exact) mass is 401 g/mol. The van der Waals surface area contributed by atoms with Crippen LogP contribution in [0.4, 0.5) is 0 Å². The zero-order valence-electron chi connectivity index (χ0n) is 17.8. The fourth-order valence-corrected chi connectivity index (χ4v) is 4.88. The molecule has 0 atom stereocenters. The molecule has 0 radical (unpaired) electrons. The van der Waals surface area contributed by atoms with Crippen LogP contribution in [0.1, 0.15) is 75.3 Å². The van der Waals surface area contributed by atoms with Crippen molar-refractivity contribution in [2.24, 2.45) is 5.92 Å². The lowest BCUT2D eigenvalue weighted by molar-refractivity contribution is -0.123. The van der Waals surface area contributed by atoms with Gasteiger partial charge in [-0.2, -0.15) is 0 Å². The van der Waals surface area contributed by atoms with Gasteiger partial charge in [-0.05, 0) is 59.8 Å². The average molecular weight is 402 g/mol. The number of benzene rings is 2. The van der Waals surface area contributed by atoms with E-state index in [2.05, 4.69) is 36.5 Å². The van der Waals surface area contributed by atoms with E-state index in [0.29, 0.717) is 11.5 Å². The fourth-order valence-electron chi connectivity index (χ4n) is 4.88. The Labute approximate surface area is 179 Å². The molecular formula is C27H31NO2. The Kier molecular flexibility index (Phi) is 6.47. The van der Waals surface area contributed by atoms with Gasteiger partial charge >= 0.3 is 0 Å². The number of carbonyl (C=O) groups is 2. The topological polar surface area (TPSA) is 46.2 Å². The number of hydrogen-bond acceptors (Lipinski definition) is 2. The summed E-state index contributed by atoms with van der Waals surface area (Å²) < 4.78 is 0. The molecule has 2 aliphatic rings. The molecule has 3 heteroatoms. The normalized spacial score (nSPS) is 21.4. The first kappa shape index (κ1) is 20.6. The minimum atomic E-state index is -0.343. The van der Waals surface area contributed by atoms with Gasteiger partial charge in [-0.15, -0.1) is 0 Å². The number of carbonyl (C=O) groups excluding carboxylic acids is 2. The summed E-state index contributed by atoms with van der Waals surface area (Å²) in [5.41, 5.74) is 4.98. The van der Waals surface area contributed by atoms with Gasteiger partial charge in [0.05, 0.1) is 5.57 Å². The van der Waals surface area contributed by atoms with E-state index < -0.39 is 0 Å². The average Bonchev–Trinajstić information content (AvgIpc) is 3.12. The summed E-state index contributed by atoms with van der Waals surface area (Å²) in [6.07, 6.45) is 12.3. The van der Waals surface area contributed by atoms with Gasteiger partial charge in [0.2, 0.25) is 0 Å². The number of rotatable bonds is 7. The molecule has 0 spiro atoms. The quantitative estimate of drug-likeness (QED) is 0.440. The number of nitrogens with one attached hydrogen (secondary N) is 1. The number of unbranched alkanes of at least 4 members (excludes halogenated alkanes) is 2. The molecule has 1 fully saturated rings. The largest absolute Gasteiger partial charge is 0.289 e. The van der Waals surface area contributed by atoms with Crippen LogP contribution in [0.15, 0.2) is 54.6 Å². The Morgan fingerprint density at radius 3 is 1.97 bits per heavy atom. The molecule has 1 N–H and O–H groups in total. The van der Waals surface area contributed by atoms with E-state index in [0.717, 1.165) is 17.0 Å². The third-order valence-electron chi connectivity index (χ3n) is 6.73. The van der Waals surface area contributed by atoms with Crippen LogP contribution in [-0.4, -0.2) is 11.8 Å². The Hall–Kier alpha value is -2.68. The van der Waals surface area contributed by atoms with Gasteiger partial charge in [0.15, 0.2) is 0 Å². The molecule has 30 heavy (non-hydrogen) atoms. The smallest absolute Gasteiger partial charge is 0.258 e. The molecule has 156 valence electrons. The number of amides is 2. The van der Waals surface area contributed by atoms with E-state index >= 15 is 0 Å². The van der Waals surface area contributed by atoms with Crippen molar-refractivity contribution in [3.8, 4) is 11.1 Å². The number of imide groups is 1. The van der Waals surface area contributed by atoms with Gasteiger partial charge in [-0.3, -0.25) is 14.9 Å². The molecule has 0 bridgehead atoms. The van der Waals surface area contributed by atoms with E-state index in [9.17, 15) is 9.59 Å². The van der Waals surface area contributed by atoms with Crippen LogP contribution in [-0.2, 0) is 9.59 Å². The van der Waals surface area contributed by atoms with Crippen LogP contribution < -0.4 is 5.32 Å². The van der Waals surface area contributed by atoms with Crippen molar-refractivity contribution in [1.82, 2.24) is 5.32 Å². The second-order valence-electron chi connectivity index (χ2n) is 8.79. The van der Waals surface area contributed by atoms with Crippen molar-refractivity contribution in [1.29, 1.82) is 0 Å². The van der Waals surface area contributed by atoms with E-state index in [1.54, 1.807) is 0 Å². The molecule has 2 aromatic rings. The summed E-state index contributed by atoms with van der Waals surface area (Å²) in [6.45, 7) is 2.28. The SMILES string of the molecule is CCCCCC1CCC(c2ccc(-c3ccc(C4=CC(=O)NC4=O)cc3)cc2)CC1. The zero-order valence-corrected chi connectivity index (χ0v) is 17.8. The number of hydrogen-bond donors (Lipinski definition) is 1. The van der Waals surface area contributed by atoms with Crippen LogP contribution in [0.2, 0.25) is 0 Å². The molecule has 0 saturated heterocycles. The van der Waals surface area contributed by atoms with Crippen LogP contribution in [0.3, 0.4) is 0 Å². The van der Waals surface area contributed by atoms with Gasteiger partial charge in [0.1, 0.15) is 0 Å². The minimum Gasteiger partial charge on any atom is -0.289 e. The van der Waals surface area contributed by atoms with Crippen LogP contribution in [0.5, 0.6) is 0 Å². The maximum atomic E-state index is 11.8. The van der Waals surface area contributed by atoms with Gasteiger partial charge in [-0.1, -0.05) is 81.1 Å². The maximum Gasteiger partial charge on any atom is 0.258 e. The molecule has 1 aliphatic carbocycles.